The molecule has 0 heterocycles. The molecule has 0 aliphatic rings. The molecule has 0 saturated carbocycles. The number of nitrogens with two attached hydrogens (primary N) is 4. The summed E-state index contributed by atoms with van der Waals surface area (Å²) in [5, 5.41) is 6.07. The van der Waals surface area contributed by atoms with Gasteiger partial charge in [0, 0.05) is 72.8 Å². The van der Waals surface area contributed by atoms with Crippen molar-refractivity contribution in [3.63, 3.8) is 0 Å². The predicted molar refractivity (Wildman–Crippen MR) is 62.0 cm³/mol. The van der Waals surface area contributed by atoms with Crippen LogP contribution in [0.15, 0.2) is 0 Å². The normalized spacial score (nSPS) is 8.80. The molecule has 0 saturated heterocycles. The second-order valence-corrected chi connectivity index (χ2v) is 2.65. The van der Waals surface area contributed by atoms with Gasteiger partial charge >= 0.3 is 0 Å². The van der Waals surface area contributed by atoms with Crippen molar-refractivity contribution in [3.8, 4) is 0 Å². The van der Waals surface area contributed by atoms with E-state index in [4.69, 9.17) is 22.9 Å². The van der Waals surface area contributed by atoms with Crippen molar-refractivity contribution in [1.82, 2.24) is 10.6 Å². The van der Waals surface area contributed by atoms with Crippen molar-refractivity contribution in [2.24, 2.45) is 22.9 Å². The van der Waals surface area contributed by atoms with E-state index in [1.54, 1.807) is 0 Å². The fourth-order valence-electron chi connectivity index (χ4n) is 0.658. The first-order valence-corrected chi connectivity index (χ1v) is 5.05. The van der Waals surface area contributed by atoms with Gasteiger partial charge in [-0.2, -0.15) is 0 Å². The summed E-state index contributed by atoms with van der Waals surface area (Å²) in [4.78, 5) is 0. The van der Waals surface area contributed by atoms with Crippen molar-refractivity contribution >= 4 is 0 Å². The minimum atomic E-state index is 0. The van der Waals surface area contributed by atoms with Crippen molar-refractivity contribution < 1.29 is 20.4 Å². The van der Waals surface area contributed by atoms with Gasteiger partial charge in [0.2, 0.25) is 0 Å². The first kappa shape index (κ1) is 20.8. The summed E-state index contributed by atoms with van der Waals surface area (Å²) in [7, 11) is 0. The SMILES string of the molecule is NCCNCCN.NCCNCCN.[Pd]. The molecule has 10 N–H and O–H groups in total. The third-order valence-electron chi connectivity index (χ3n) is 1.28. The Bertz CT molecular complexity index is 67.5. The van der Waals surface area contributed by atoms with Crippen LogP contribution in [0, 0.1) is 0 Å². The molecular formula is C8H26N6Pd. The van der Waals surface area contributed by atoms with Gasteiger partial charge in [-0.1, -0.05) is 0 Å². The number of nitrogens with one attached hydrogen (secondary N) is 2. The van der Waals surface area contributed by atoms with Crippen LogP contribution in [-0.4, -0.2) is 52.4 Å². The number of hydrogen-bond acceptors (Lipinski definition) is 6. The third kappa shape index (κ3) is 31.4. The Morgan fingerprint density at radius 2 is 0.733 bits per heavy atom. The summed E-state index contributed by atoms with van der Waals surface area (Å²) in [5.74, 6) is 0. The Kier molecular flexibility index (Phi) is 33.2. The van der Waals surface area contributed by atoms with Gasteiger partial charge in [-0.05, 0) is 0 Å². The Balaban J connectivity index is -0.000000180. The maximum absolute atomic E-state index is 5.17. The van der Waals surface area contributed by atoms with E-state index < -0.39 is 0 Å². The fraction of sp³-hybridized carbons (Fsp3) is 1.00. The van der Waals surface area contributed by atoms with Crippen LogP contribution in [0.25, 0.3) is 0 Å². The minimum absolute atomic E-state index is 0. The van der Waals surface area contributed by atoms with Crippen LogP contribution in [0.4, 0.5) is 0 Å². The smallest absolute Gasteiger partial charge is 0.00750 e. The van der Waals surface area contributed by atoms with E-state index in [0.717, 1.165) is 26.2 Å². The van der Waals surface area contributed by atoms with Gasteiger partial charge in [0.1, 0.15) is 0 Å². The van der Waals surface area contributed by atoms with E-state index in [2.05, 4.69) is 10.6 Å². The predicted octanol–water partition coefficient (Wildman–Crippen LogP) is -3.02. The summed E-state index contributed by atoms with van der Waals surface area (Å²) in [6, 6.07) is 0. The first-order valence-electron chi connectivity index (χ1n) is 5.05. The Morgan fingerprint density at radius 1 is 0.533 bits per heavy atom. The number of hydrogen-bond donors (Lipinski definition) is 6. The van der Waals surface area contributed by atoms with Crippen molar-refractivity contribution in [2.75, 3.05) is 52.4 Å². The van der Waals surface area contributed by atoms with Gasteiger partial charge in [-0.15, -0.1) is 0 Å². The average molecular weight is 313 g/mol. The van der Waals surface area contributed by atoms with Crippen molar-refractivity contribution in [1.29, 1.82) is 0 Å². The van der Waals surface area contributed by atoms with E-state index in [1.807, 2.05) is 0 Å². The second-order valence-electron chi connectivity index (χ2n) is 2.65. The zero-order valence-corrected chi connectivity index (χ0v) is 10.8. The first-order chi connectivity index (χ1) is 6.83. The van der Waals surface area contributed by atoms with Crippen LogP contribution >= 0.6 is 0 Å². The van der Waals surface area contributed by atoms with Crippen molar-refractivity contribution in [2.45, 2.75) is 0 Å². The molecule has 98 valence electrons. The molecule has 0 fully saturated rings. The largest absolute Gasteiger partial charge is 0.329 e. The molecule has 7 heteroatoms. The standard InChI is InChI=1S/2C4H13N3.Pd/c2*5-1-3-7-4-2-6;/h2*7H,1-6H2;. The summed E-state index contributed by atoms with van der Waals surface area (Å²) < 4.78 is 0. The topological polar surface area (TPSA) is 128 Å². The van der Waals surface area contributed by atoms with E-state index in [0.29, 0.717) is 26.2 Å². The molecule has 0 amide bonds. The average Bonchev–Trinajstić information content (AvgIpc) is 2.21. The molecule has 0 aromatic heterocycles. The molecule has 0 unspecified atom stereocenters. The molecule has 15 heavy (non-hydrogen) atoms. The van der Waals surface area contributed by atoms with E-state index in [9.17, 15) is 0 Å². The fourth-order valence-corrected chi connectivity index (χ4v) is 0.658. The van der Waals surface area contributed by atoms with Crippen LogP contribution in [0.1, 0.15) is 0 Å². The molecule has 0 aromatic rings. The zero-order chi connectivity index (χ0) is 11.1. The Morgan fingerprint density at radius 3 is 0.867 bits per heavy atom. The molecule has 0 radical (unpaired) electrons. The molecular weight excluding hydrogens is 287 g/mol. The molecule has 0 aliphatic heterocycles. The molecule has 0 aromatic carbocycles. The summed E-state index contributed by atoms with van der Waals surface area (Å²) >= 11 is 0. The minimum Gasteiger partial charge on any atom is -0.329 e. The van der Waals surface area contributed by atoms with Gasteiger partial charge in [-0.25, -0.2) is 0 Å². The Hall–Kier alpha value is 0.422. The molecule has 0 bridgehead atoms. The third-order valence-corrected chi connectivity index (χ3v) is 1.28. The molecule has 0 atom stereocenters. The second kappa shape index (κ2) is 23.9. The van der Waals surface area contributed by atoms with Gasteiger partial charge in [0.15, 0.2) is 0 Å². The van der Waals surface area contributed by atoms with Gasteiger partial charge in [0.05, 0.1) is 0 Å². The maximum Gasteiger partial charge on any atom is 0.00750 e. The van der Waals surface area contributed by atoms with Gasteiger partial charge in [0.25, 0.3) is 0 Å². The molecule has 0 rings (SSSR count). The summed E-state index contributed by atoms with van der Waals surface area (Å²) in [6.45, 7) is 6.27. The Labute approximate surface area is 107 Å². The van der Waals surface area contributed by atoms with Crippen LogP contribution in [-0.2, 0) is 20.4 Å². The zero-order valence-electron chi connectivity index (χ0n) is 9.28. The van der Waals surface area contributed by atoms with Crippen LogP contribution in [0.2, 0.25) is 0 Å². The quantitative estimate of drug-likeness (QED) is 0.209. The van der Waals surface area contributed by atoms with E-state index in [1.165, 1.54) is 0 Å². The van der Waals surface area contributed by atoms with Crippen LogP contribution in [0.5, 0.6) is 0 Å². The van der Waals surface area contributed by atoms with Crippen LogP contribution < -0.4 is 33.6 Å². The van der Waals surface area contributed by atoms with Crippen molar-refractivity contribution in [3.05, 3.63) is 0 Å². The van der Waals surface area contributed by atoms with Gasteiger partial charge in [-0.3, -0.25) is 0 Å². The van der Waals surface area contributed by atoms with E-state index in [-0.39, 0.29) is 20.4 Å². The van der Waals surface area contributed by atoms with Gasteiger partial charge < -0.3 is 33.6 Å². The maximum atomic E-state index is 5.17. The molecule has 6 nitrogen and oxygen atoms in total. The van der Waals surface area contributed by atoms with E-state index >= 15 is 0 Å². The van der Waals surface area contributed by atoms with Crippen LogP contribution in [0.3, 0.4) is 0 Å². The summed E-state index contributed by atoms with van der Waals surface area (Å²) in [5.41, 5.74) is 20.7. The molecule has 0 aliphatic carbocycles. The molecule has 0 spiro atoms. The number of rotatable bonds is 8. The monoisotopic (exact) mass is 312 g/mol. The summed E-state index contributed by atoms with van der Waals surface area (Å²) in [6.07, 6.45) is 0.